The van der Waals surface area contributed by atoms with Crippen LogP contribution in [0.2, 0.25) is 4.44 Å². The average molecular weight is 662 g/mol. The van der Waals surface area contributed by atoms with E-state index in [0.29, 0.717) is 13.2 Å². The Kier molecular flexibility index (Phi) is 51.2. The summed E-state index contributed by atoms with van der Waals surface area (Å²) < 4.78 is 11.1. The van der Waals surface area contributed by atoms with Crippen LogP contribution >= 0.6 is 25.3 Å². The number of hydrogen-bond acceptors (Lipinski definition) is 8. The summed E-state index contributed by atoms with van der Waals surface area (Å²) in [7, 11) is 0. The molecule has 35 heavy (non-hydrogen) atoms. The van der Waals surface area contributed by atoms with Gasteiger partial charge in [-0.2, -0.15) is 25.3 Å². The number of carbonyl (C=O) groups excluding carboxylic acids is 2. The zero-order valence-electron chi connectivity index (χ0n) is 22.9. The summed E-state index contributed by atoms with van der Waals surface area (Å²) in [4.78, 5) is 21.1. The van der Waals surface area contributed by atoms with Crippen molar-refractivity contribution in [3.63, 3.8) is 0 Å². The van der Waals surface area contributed by atoms with Crippen LogP contribution in [0, 0.1) is 0 Å². The van der Waals surface area contributed by atoms with Gasteiger partial charge >= 0.3 is 84.3 Å². The molecule has 0 rings (SSSR count). The third-order valence-corrected chi connectivity index (χ3v) is 5.84. The molecule has 0 spiro atoms. The molecule has 0 aliphatic heterocycles. The van der Waals surface area contributed by atoms with Crippen LogP contribution in [0.15, 0.2) is 0 Å². The SMILES string of the molecule is CC(O)[S-].CCCCCCC[CH2][Sn+].CCCCCCOC(=O)CS.CCCCCCOC(=O)CS. The molecule has 0 saturated carbocycles. The van der Waals surface area contributed by atoms with Gasteiger partial charge in [-0.1, -0.05) is 64.7 Å². The van der Waals surface area contributed by atoms with E-state index in [0.717, 1.165) is 25.7 Å². The molecule has 0 aliphatic carbocycles. The number of aliphatic hydroxyl groups excluding tert-OH is 1. The summed E-state index contributed by atoms with van der Waals surface area (Å²) in [6.07, 6.45) is 17.8. The first kappa shape index (κ1) is 42.8. The summed E-state index contributed by atoms with van der Waals surface area (Å²) in [5.74, 6) is -0.0590. The van der Waals surface area contributed by atoms with Gasteiger partial charge in [0.25, 0.3) is 0 Å². The fourth-order valence-electron chi connectivity index (χ4n) is 2.43. The number of aliphatic hydroxyl groups is 1. The predicted octanol–water partition coefficient (Wildman–Crippen LogP) is 6.88. The second-order valence-corrected chi connectivity index (χ2v) is 10.7. The Bertz CT molecular complexity index is 368. The monoisotopic (exact) mass is 662 g/mol. The van der Waals surface area contributed by atoms with E-state index in [2.05, 4.69) is 58.7 Å². The third kappa shape index (κ3) is 60.8. The van der Waals surface area contributed by atoms with Gasteiger partial charge in [0.15, 0.2) is 0 Å². The zero-order chi connectivity index (χ0) is 27.6. The molecule has 0 aromatic heterocycles. The van der Waals surface area contributed by atoms with E-state index in [1.807, 2.05) is 0 Å². The smallest absolute Gasteiger partial charge is 0.315 e. The summed E-state index contributed by atoms with van der Waals surface area (Å²) in [5.41, 5.74) is -0.583. The van der Waals surface area contributed by atoms with Crippen LogP contribution < -0.4 is 0 Å². The van der Waals surface area contributed by atoms with Crippen LogP contribution in [-0.4, -0.2) is 69.7 Å². The van der Waals surface area contributed by atoms with Gasteiger partial charge in [-0.25, -0.2) is 0 Å². The number of thiol groups is 2. The molecular formula is C26H54O5S3Sn. The van der Waals surface area contributed by atoms with Gasteiger partial charge in [-0.3, -0.25) is 9.59 Å². The standard InChI is InChI=1S/2C8H16O2S.C8H17.C2H6OS.Sn/c2*1-2-3-4-5-6-10-8(9)7-11;1-3-5-7-8-6-4-2;1-2(3)4;/h2*11H,2-7H2,1H3;1,3-8H2,2H3;2-4H,1H3;/q;;;;+1/p-1. The molecule has 1 unspecified atom stereocenters. The Morgan fingerprint density at radius 1 is 0.714 bits per heavy atom. The first-order chi connectivity index (χ1) is 16.8. The Morgan fingerprint density at radius 2 is 1.00 bits per heavy atom. The summed E-state index contributed by atoms with van der Waals surface area (Å²) in [6, 6.07) is 0. The molecule has 1 atom stereocenters. The predicted molar refractivity (Wildman–Crippen MR) is 161 cm³/mol. The van der Waals surface area contributed by atoms with Crippen LogP contribution in [-0.2, 0) is 31.7 Å². The topological polar surface area (TPSA) is 72.8 Å². The molecule has 5 nitrogen and oxygen atoms in total. The molecule has 9 heteroatoms. The molecule has 0 saturated heterocycles. The van der Waals surface area contributed by atoms with Gasteiger partial charge in [0.1, 0.15) is 0 Å². The number of hydrogen-bond donors (Lipinski definition) is 3. The van der Waals surface area contributed by atoms with Gasteiger partial charge in [-0.15, -0.1) is 0 Å². The molecule has 1 N–H and O–H groups in total. The van der Waals surface area contributed by atoms with Crippen molar-refractivity contribution in [2.45, 2.75) is 127 Å². The van der Waals surface area contributed by atoms with E-state index in [-0.39, 0.29) is 23.4 Å². The average Bonchev–Trinajstić information content (AvgIpc) is 2.84. The molecule has 0 amide bonds. The maximum Gasteiger partial charge on any atom is 0.315 e. The van der Waals surface area contributed by atoms with E-state index in [9.17, 15) is 9.59 Å². The maximum absolute atomic E-state index is 10.5. The quantitative estimate of drug-likeness (QED) is 0.0489. The number of rotatable bonds is 18. The fourth-order valence-corrected chi connectivity index (χ4v) is 3.32. The van der Waals surface area contributed by atoms with Crippen molar-refractivity contribution >= 4 is 72.3 Å². The number of esters is 2. The molecule has 0 aromatic carbocycles. The number of carbonyl (C=O) groups is 2. The Balaban J connectivity index is -0.000000192. The van der Waals surface area contributed by atoms with Crippen LogP contribution in [0.25, 0.3) is 0 Å². The molecule has 0 heterocycles. The Labute approximate surface area is 247 Å². The van der Waals surface area contributed by atoms with Crippen molar-refractivity contribution in [3.05, 3.63) is 0 Å². The minimum absolute atomic E-state index is 0.188. The molecule has 210 valence electrons. The van der Waals surface area contributed by atoms with Gasteiger partial charge < -0.3 is 27.2 Å². The first-order valence-electron chi connectivity index (χ1n) is 13.3. The van der Waals surface area contributed by atoms with Gasteiger partial charge in [-0.05, 0) is 12.8 Å². The third-order valence-electron chi connectivity index (χ3n) is 4.31. The minimum atomic E-state index is -0.583. The first-order valence-corrected chi connectivity index (χ1v) is 17.0. The van der Waals surface area contributed by atoms with Gasteiger partial charge in [0.2, 0.25) is 0 Å². The van der Waals surface area contributed by atoms with Crippen molar-refractivity contribution in [1.29, 1.82) is 0 Å². The van der Waals surface area contributed by atoms with Crippen molar-refractivity contribution in [1.82, 2.24) is 0 Å². The maximum atomic E-state index is 10.5. The zero-order valence-corrected chi connectivity index (χ0v) is 28.4. The van der Waals surface area contributed by atoms with Crippen molar-refractivity contribution in [2.24, 2.45) is 0 Å². The van der Waals surface area contributed by atoms with Crippen molar-refractivity contribution in [2.75, 3.05) is 24.7 Å². The Hall–Kier alpha value is 0.749. The normalized spacial score (nSPS) is 10.4. The molecule has 0 aromatic rings. The molecule has 0 aliphatic rings. The molecule has 2 radical (unpaired) electrons. The van der Waals surface area contributed by atoms with E-state index in [1.54, 1.807) is 22.5 Å². The van der Waals surface area contributed by atoms with Crippen LogP contribution in [0.4, 0.5) is 0 Å². The summed E-state index contributed by atoms with van der Waals surface area (Å²) in [5, 5.41) is 7.87. The minimum Gasteiger partial charge on any atom is -0.465 e. The Morgan fingerprint density at radius 3 is 1.29 bits per heavy atom. The fraction of sp³-hybridized carbons (Fsp3) is 0.923. The number of unbranched alkanes of at least 4 members (excludes halogenated alkanes) is 11. The van der Waals surface area contributed by atoms with E-state index in [4.69, 9.17) is 14.6 Å². The summed E-state index contributed by atoms with van der Waals surface area (Å²) >= 11 is 13.5. The summed E-state index contributed by atoms with van der Waals surface area (Å²) in [6.45, 7) is 9.22. The van der Waals surface area contributed by atoms with Gasteiger partial charge in [0.05, 0.1) is 24.7 Å². The number of ether oxygens (including phenoxy) is 2. The van der Waals surface area contributed by atoms with E-state index in [1.165, 1.54) is 75.6 Å². The second-order valence-electron chi connectivity index (χ2n) is 8.00. The van der Waals surface area contributed by atoms with Gasteiger partial charge in [0, 0.05) is 0 Å². The van der Waals surface area contributed by atoms with Crippen LogP contribution in [0.1, 0.15) is 118 Å². The van der Waals surface area contributed by atoms with Crippen LogP contribution in [0.3, 0.4) is 0 Å². The van der Waals surface area contributed by atoms with Crippen molar-refractivity contribution in [3.8, 4) is 0 Å². The van der Waals surface area contributed by atoms with Crippen LogP contribution in [0.5, 0.6) is 0 Å². The largest absolute Gasteiger partial charge is 0.465 e. The molecule has 0 bridgehead atoms. The molecule has 0 fully saturated rings. The second kappa shape index (κ2) is 41.9. The van der Waals surface area contributed by atoms with E-state index >= 15 is 0 Å². The van der Waals surface area contributed by atoms with E-state index < -0.39 is 5.44 Å². The van der Waals surface area contributed by atoms with Crippen molar-refractivity contribution < 1.29 is 24.2 Å². The molecular weight excluding hydrogens is 607 g/mol.